The summed E-state index contributed by atoms with van der Waals surface area (Å²) in [5.41, 5.74) is 1.73. The van der Waals surface area contributed by atoms with Gasteiger partial charge in [-0.2, -0.15) is 0 Å². The van der Waals surface area contributed by atoms with E-state index in [9.17, 15) is 4.79 Å². The van der Waals surface area contributed by atoms with Gasteiger partial charge < -0.3 is 10.2 Å². The summed E-state index contributed by atoms with van der Waals surface area (Å²) in [7, 11) is 0. The van der Waals surface area contributed by atoms with Gasteiger partial charge in [0.05, 0.1) is 12.1 Å². The molecule has 1 aliphatic heterocycles. The fourth-order valence-electron chi connectivity index (χ4n) is 4.43. The lowest BCUT2D eigenvalue weighted by Crippen LogP contribution is -2.56. The number of hydrogen-bond donors (Lipinski definition) is 1. The molecule has 144 valence electrons. The van der Waals surface area contributed by atoms with Gasteiger partial charge >= 0.3 is 0 Å². The molecule has 2 fully saturated rings. The van der Waals surface area contributed by atoms with Crippen molar-refractivity contribution in [1.29, 1.82) is 0 Å². The molecule has 2 aromatic rings. The van der Waals surface area contributed by atoms with E-state index >= 15 is 0 Å². The molecule has 2 heterocycles. The molecule has 1 aromatic heterocycles. The zero-order valence-electron chi connectivity index (χ0n) is 15.8. The van der Waals surface area contributed by atoms with Crippen LogP contribution in [0.2, 0.25) is 0 Å². The molecule has 1 saturated heterocycles. The predicted molar refractivity (Wildman–Crippen MR) is 102 cm³/mol. The van der Waals surface area contributed by atoms with Gasteiger partial charge in [-0.05, 0) is 66.9 Å². The highest BCUT2D eigenvalue weighted by Gasteiger charge is 2.36. The molecule has 2 aliphatic rings. The Morgan fingerprint density at radius 3 is 2.44 bits per heavy atom. The quantitative estimate of drug-likeness (QED) is 0.846. The highest BCUT2D eigenvalue weighted by molar-refractivity contribution is 5.94. The van der Waals surface area contributed by atoms with E-state index in [0.29, 0.717) is 6.54 Å². The van der Waals surface area contributed by atoms with Crippen LogP contribution in [-0.4, -0.2) is 56.2 Å². The summed E-state index contributed by atoms with van der Waals surface area (Å²) >= 11 is 0. The minimum atomic E-state index is -0.0647. The highest BCUT2D eigenvalue weighted by atomic mass is 16.1. The normalized spacial score (nSPS) is 19.9. The molecule has 27 heavy (non-hydrogen) atoms. The van der Waals surface area contributed by atoms with E-state index in [4.69, 9.17) is 0 Å². The molecule has 1 aliphatic carbocycles. The Morgan fingerprint density at radius 1 is 1.04 bits per heavy atom. The fourth-order valence-corrected chi connectivity index (χ4v) is 4.43. The first-order chi connectivity index (χ1) is 13.2. The molecule has 1 N–H and O–H groups in total. The first-order valence-corrected chi connectivity index (χ1v) is 10.1. The zero-order chi connectivity index (χ0) is 18.5. The van der Waals surface area contributed by atoms with Crippen LogP contribution in [0.1, 0.15) is 60.9 Å². The average Bonchev–Trinajstić information content (AvgIpc) is 3.37. The number of likely N-dealkylation sites (tertiary alicyclic amines) is 1. The number of nitrogens with zero attached hydrogens (tertiary/aromatic N) is 5. The van der Waals surface area contributed by atoms with Gasteiger partial charge in [0, 0.05) is 12.1 Å². The van der Waals surface area contributed by atoms with Crippen molar-refractivity contribution in [2.24, 2.45) is 0 Å². The Morgan fingerprint density at radius 2 is 1.78 bits per heavy atom. The summed E-state index contributed by atoms with van der Waals surface area (Å²) in [6, 6.07) is 7.76. The molecule has 0 unspecified atom stereocenters. The number of carbonyl (C=O) groups is 1. The Labute approximate surface area is 160 Å². The third kappa shape index (κ3) is 4.53. The van der Waals surface area contributed by atoms with Crippen molar-refractivity contribution in [2.45, 2.75) is 57.0 Å². The molecule has 0 radical (unpaired) electrons. The molecule has 0 bridgehead atoms. The minimum absolute atomic E-state index is 0.0464. The van der Waals surface area contributed by atoms with E-state index in [2.05, 4.69) is 25.7 Å². The molecule has 1 aromatic carbocycles. The van der Waals surface area contributed by atoms with Crippen LogP contribution in [0.25, 0.3) is 0 Å². The highest BCUT2D eigenvalue weighted by Crippen LogP contribution is 2.30. The van der Waals surface area contributed by atoms with Gasteiger partial charge in [-0.25, -0.2) is 4.68 Å². The lowest BCUT2D eigenvalue weighted by molar-refractivity contribution is 0.0822. The monoisotopic (exact) mass is 368 g/mol. The maximum atomic E-state index is 13.0. The average molecular weight is 368 g/mol. The van der Waals surface area contributed by atoms with Gasteiger partial charge in [-0.1, -0.05) is 31.4 Å². The maximum Gasteiger partial charge on any atom is 0.251 e. The molecule has 1 saturated carbocycles. The number of nitrogens with one attached hydrogen (secondary N) is 1. The molecular formula is C20H28N6O. The molecule has 7 heteroatoms. The molecule has 7 nitrogen and oxygen atoms in total. The third-order valence-electron chi connectivity index (χ3n) is 5.87. The third-order valence-corrected chi connectivity index (χ3v) is 5.87. The Hall–Kier alpha value is -2.28. The van der Waals surface area contributed by atoms with Crippen LogP contribution >= 0.6 is 0 Å². The molecule has 1 amide bonds. The van der Waals surface area contributed by atoms with Crippen LogP contribution in [0.15, 0.2) is 30.6 Å². The standard InChI is InChI=1S/C20H28N6O/c27-19(18-8-6-17(7-9-18)14-26-16-21-23-24-26)22-20(10-2-1-3-11-20)15-25-12-4-5-13-25/h6-9,16H,1-5,10-15H2,(H,22,27). The first-order valence-electron chi connectivity index (χ1n) is 10.1. The summed E-state index contributed by atoms with van der Waals surface area (Å²) in [5, 5.41) is 14.6. The maximum absolute atomic E-state index is 13.0. The minimum Gasteiger partial charge on any atom is -0.345 e. The Balaban J connectivity index is 1.42. The number of hydrogen-bond acceptors (Lipinski definition) is 5. The van der Waals surface area contributed by atoms with Gasteiger partial charge in [0.2, 0.25) is 0 Å². The SMILES string of the molecule is O=C(NC1(CN2CCCC2)CCCCC1)c1ccc(Cn2cnnn2)cc1. The number of carbonyl (C=O) groups excluding carboxylic acids is 1. The second-order valence-electron chi connectivity index (χ2n) is 7.98. The smallest absolute Gasteiger partial charge is 0.251 e. The largest absolute Gasteiger partial charge is 0.345 e. The van der Waals surface area contributed by atoms with Crippen LogP contribution in [0, 0.1) is 0 Å². The number of amides is 1. The van der Waals surface area contributed by atoms with Gasteiger partial charge in [-0.3, -0.25) is 4.79 Å². The summed E-state index contributed by atoms with van der Waals surface area (Å²) in [6.45, 7) is 3.94. The van der Waals surface area contributed by atoms with E-state index in [1.807, 2.05) is 24.3 Å². The van der Waals surface area contributed by atoms with E-state index in [1.54, 1.807) is 11.0 Å². The van der Waals surface area contributed by atoms with Crippen LogP contribution in [0.5, 0.6) is 0 Å². The number of aromatic nitrogens is 4. The van der Waals surface area contributed by atoms with Gasteiger partial charge in [0.15, 0.2) is 0 Å². The van der Waals surface area contributed by atoms with Crippen LogP contribution in [-0.2, 0) is 6.54 Å². The summed E-state index contributed by atoms with van der Waals surface area (Å²) in [5.74, 6) is 0.0464. The zero-order valence-corrected chi connectivity index (χ0v) is 15.8. The van der Waals surface area contributed by atoms with E-state index in [0.717, 1.165) is 30.5 Å². The summed E-state index contributed by atoms with van der Waals surface area (Å²) < 4.78 is 1.67. The number of tetrazole rings is 1. The molecule has 0 spiro atoms. The second-order valence-corrected chi connectivity index (χ2v) is 7.98. The van der Waals surface area contributed by atoms with Gasteiger partial charge in [0.1, 0.15) is 6.33 Å². The Bertz CT molecular complexity index is 730. The van der Waals surface area contributed by atoms with Crippen LogP contribution in [0.4, 0.5) is 0 Å². The second kappa shape index (κ2) is 8.17. The lowest BCUT2D eigenvalue weighted by atomic mass is 9.81. The fraction of sp³-hybridized carbons (Fsp3) is 0.600. The van der Waals surface area contributed by atoms with Crippen molar-refractivity contribution in [3.8, 4) is 0 Å². The number of rotatable bonds is 6. The van der Waals surface area contributed by atoms with Crippen molar-refractivity contribution in [3.63, 3.8) is 0 Å². The van der Waals surface area contributed by atoms with E-state index in [-0.39, 0.29) is 11.4 Å². The first kappa shape index (κ1) is 18.1. The van der Waals surface area contributed by atoms with Crippen LogP contribution in [0.3, 0.4) is 0 Å². The topological polar surface area (TPSA) is 75.9 Å². The number of benzene rings is 1. The Kier molecular flexibility index (Phi) is 5.48. The van der Waals surface area contributed by atoms with Crippen molar-refractivity contribution < 1.29 is 4.79 Å². The van der Waals surface area contributed by atoms with Crippen LogP contribution < -0.4 is 5.32 Å². The predicted octanol–water partition coefficient (Wildman–Crippen LogP) is 2.25. The van der Waals surface area contributed by atoms with Gasteiger partial charge in [-0.15, -0.1) is 5.10 Å². The lowest BCUT2D eigenvalue weighted by Gasteiger charge is -2.41. The van der Waals surface area contributed by atoms with Crippen molar-refractivity contribution >= 4 is 5.91 Å². The van der Waals surface area contributed by atoms with Crippen molar-refractivity contribution in [1.82, 2.24) is 30.4 Å². The summed E-state index contributed by atoms with van der Waals surface area (Å²) in [4.78, 5) is 15.5. The summed E-state index contributed by atoms with van der Waals surface area (Å²) in [6.07, 6.45) is 10.0. The molecule has 4 rings (SSSR count). The van der Waals surface area contributed by atoms with E-state index < -0.39 is 0 Å². The van der Waals surface area contributed by atoms with Gasteiger partial charge in [0.25, 0.3) is 5.91 Å². The van der Waals surface area contributed by atoms with E-state index in [1.165, 1.54) is 45.2 Å². The molecule has 0 atom stereocenters. The van der Waals surface area contributed by atoms with Crippen molar-refractivity contribution in [3.05, 3.63) is 41.7 Å². The molecular weight excluding hydrogens is 340 g/mol. The van der Waals surface area contributed by atoms with Crippen molar-refractivity contribution in [2.75, 3.05) is 19.6 Å².